The molecule has 1 rings (SSSR count). The van der Waals surface area contributed by atoms with Crippen LogP contribution in [0.1, 0.15) is 19.8 Å². The highest BCUT2D eigenvalue weighted by Gasteiger charge is 2.53. The molecule has 3 heteroatoms. The van der Waals surface area contributed by atoms with Crippen LogP contribution in [0.4, 0.5) is 0 Å². The van der Waals surface area contributed by atoms with Crippen LogP contribution in [-0.2, 0) is 4.79 Å². The van der Waals surface area contributed by atoms with Crippen LogP contribution in [0.3, 0.4) is 0 Å². The monoisotopic (exact) mass is 129 g/mol. The number of carboxylic acid groups (broad SMARTS) is 1. The van der Waals surface area contributed by atoms with Crippen LogP contribution in [0.2, 0.25) is 0 Å². The normalized spacial score (nSPS) is 25.1. The zero-order chi connectivity index (χ0) is 7.07. The largest absolute Gasteiger partial charge is 0.481 e. The fourth-order valence-electron chi connectivity index (χ4n) is 0.999. The highest BCUT2D eigenvalue weighted by molar-refractivity contribution is 5.78. The molecule has 1 fully saturated rings. The van der Waals surface area contributed by atoms with Gasteiger partial charge in [-0.05, 0) is 19.8 Å². The standard InChI is InChI=1S/C6H11NO2/c1-4(7)6(2-3-6)5(8)9/h4H,2-3,7H2,1H3,(H,8,9). The number of hydrogen-bond acceptors (Lipinski definition) is 2. The average Bonchev–Trinajstić information content (AvgIpc) is 2.40. The highest BCUT2D eigenvalue weighted by Crippen LogP contribution is 2.47. The van der Waals surface area contributed by atoms with E-state index in [4.69, 9.17) is 10.8 Å². The summed E-state index contributed by atoms with van der Waals surface area (Å²) in [5.41, 5.74) is 4.90. The minimum atomic E-state index is -0.738. The van der Waals surface area contributed by atoms with Gasteiger partial charge in [-0.15, -0.1) is 0 Å². The maximum atomic E-state index is 10.4. The maximum Gasteiger partial charge on any atom is 0.311 e. The van der Waals surface area contributed by atoms with Gasteiger partial charge in [-0.1, -0.05) is 0 Å². The molecule has 0 aromatic rings. The lowest BCUT2D eigenvalue weighted by Crippen LogP contribution is -2.34. The second-order valence-corrected chi connectivity index (χ2v) is 2.75. The van der Waals surface area contributed by atoms with E-state index in [1.165, 1.54) is 0 Å². The van der Waals surface area contributed by atoms with Crippen LogP contribution in [0.5, 0.6) is 0 Å². The molecule has 1 aliphatic rings. The third-order valence-corrected chi connectivity index (χ3v) is 2.09. The van der Waals surface area contributed by atoms with Gasteiger partial charge in [0.15, 0.2) is 0 Å². The lowest BCUT2D eigenvalue weighted by atomic mass is 10.00. The maximum absolute atomic E-state index is 10.4. The van der Waals surface area contributed by atoms with Crippen LogP contribution in [0.25, 0.3) is 0 Å². The van der Waals surface area contributed by atoms with Crippen molar-refractivity contribution in [3.63, 3.8) is 0 Å². The SMILES string of the molecule is CC(N)C1(C(=O)O)CC1. The van der Waals surface area contributed by atoms with Crippen molar-refractivity contribution in [1.82, 2.24) is 0 Å². The summed E-state index contributed by atoms with van der Waals surface area (Å²) in [7, 11) is 0. The molecule has 0 amide bonds. The zero-order valence-electron chi connectivity index (χ0n) is 5.42. The number of carboxylic acids is 1. The summed E-state index contributed by atoms with van der Waals surface area (Å²) in [5, 5.41) is 8.59. The smallest absolute Gasteiger partial charge is 0.311 e. The quantitative estimate of drug-likeness (QED) is 0.559. The molecule has 52 valence electrons. The van der Waals surface area contributed by atoms with Gasteiger partial charge >= 0.3 is 5.97 Å². The summed E-state index contributed by atoms with van der Waals surface area (Å²) in [4.78, 5) is 10.4. The van der Waals surface area contributed by atoms with Gasteiger partial charge in [0.05, 0.1) is 5.41 Å². The first-order valence-electron chi connectivity index (χ1n) is 3.08. The molecule has 0 aromatic carbocycles. The van der Waals surface area contributed by atoms with Crippen LogP contribution < -0.4 is 5.73 Å². The van der Waals surface area contributed by atoms with Crippen molar-refractivity contribution in [3.8, 4) is 0 Å². The molecule has 1 atom stereocenters. The van der Waals surface area contributed by atoms with Crippen molar-refractivity contribution in [1.29, 1.82) is 0 Å². The Morgan fingerprint density at radius 3 is 2.22 bits per heavy atom. The summed E-state index contributed by atoms with van der Waals surface area (Å²) in [5.74, 6) is -0.738. The first-order valence-corrected chi connectivity index (χ1v) is 3.08. The Bertz CT molecular complexity index is 138. The Hall–Kier alpha value is -0.570. The zero-order valence-corrected chi connectivity index (χ0v) is 5.42. The molecule has 3 nitrogen and oxygen atoms in total. The topological polar surface area (TPSA) is 63.3 Å². The fraction of sp³-hybridized carbons (Fsp3) is 0.833. The minimum Gasteiger partial charge on any atom is -0.481 e. The molecule has 1 aliphatic carbocycles. The lowest BCUT2D eigenvalue weighted by Gasteiger charge is -2.12. The summed E-state index contributed by atoms with van der Waals surface area (Å²) in [6, 6.07) is -0.199. The van der Waals surface area contributed by atoms with Crippen molar-refractivity contribution in [2.24, 2.45) is 11.1 Å². The second kappa shape index (κ2) is 1.70. The van der Waals surface area contributed by atoms with E-state index in [0.29, 0.717) is 0 Å². The molecule has 1 saturated carbocycles. The second-order valence-electron chi connectivity index (χ2n) is 2.75. The molecule has 0 aliphatic heterocycles. The molecule has 1 unspecified atom stereocenters. The van der Waals surface area contributed by atoms with Crippen molar-refractivity contribution >= 4 is 5.97 Å². The predicted molar refractivity (Wildman–Crippen MR) is 33.0 cm³/mol. The molecule has 0 aromatic heterocycles. The molecule has 9 heavy (non-hydrogen) atoms. The van der Waals surface area contributed by atoms with Crippen molar-refractivity contribution in [2.75, 3.05) is 0 Å². The van der Waals surface area contributed by atoms with Gasteiger partial charge < -0.3 is 10.8 Å². The van der Waals surface area contributed by atoms with Gasteiger partial charge in [-0.25, -0.2) is 0 Å². The molecule has 3 N–H and O–H groups in total. The molecular weight excluding hydrogens is 118 g/mol. The average molecular weight is 129 g/mol. The number of aliphatic carboxylic acids is 1. The molecule has 0 spiro atoms. The molecular formula is C6H11NO2. The predicted octanol–water partition coefficient (Wildman–Crippen LogP) is 0.198. The van der Waals surface area contributed by atoms with Gasteiger partial charge in [0.2, 0.25) is 0 Å². The Labute approximate surface area is 53.9 Å². The molecule has 0 saturated heterocycles. The molecule has 0 bridgehead atoms. The number of rotatable bonds is 2. The van der Waals surface area contributed by atoms with E-state index < -0.39 is 11.4 Å². The van der Waals surface area contributed by atoms with Crippen molar-refractivity contribution < 1.29 is 9.90 Å². The Morgan fingerprint density at radius 2 is 2.22 bits per heavy atom. The van der Waals surface area contributed by atoms with Gasteiger partial charge in [0, 0.05) is 6.04 Å². The summed E-state index contributed by atoms with van der Waals surface area (Å²) >= 11 is 0. The van der Waals surface area contributed by atoms with E-state index >= 15 is 0 Å². The summed E-state index contributed by atoms with van der Waals surface area (Å²) in [6.07, 6.45) is 1.50. The van der Waals surface area contributed by atoms with Crippen LogP contribution in [0, 0.1) is 5.41 Å². The van der Waals surface area contributed by atoms with Crippen molar-refractivity contribution in [3.05, 3.63) is 0 Å². The van der Waals surface area contributed by atoms with E-state index in [1.54, 1.807) is 6.92 Å². The first kappa shape index (κ1) is 6.55. The van der Waals surface area contributed by atoms with Crippen LogP contribution >= 0.6 is 0 Å². The summed E-state index contributed by atoms with van der Waals surface area (Å²) in [6.45, 7) is 1.75. The summed E-state index contributed by atoms with van der Waals surface area (Å²) < 4.78 is 0. The van der Waals surface area contributed by atoms with Gasteiger partial charge in [0.25, 0.3) is 0 Å². The first-order chi connectivity index (χ1) is 4.09. The van der Waals surface area contributed by atoms with Crippen LogP contribution in [-0.4, -0.2) is 17.1 Å². The minimum absolute atomic E-state index is 0.199. The molecule has 0 radical (unpaired) electrons. The van der Waals surface area contributed by atoms with Gasteiger partial charge in [-0.3, -0.25) is 4.79 Å². The Morgan fingerprint density at radius 1 is 1.78 bits per heavy atom. The van der Waals surface area contributed by atoms with Gasteiger partial charge in [0.1, 0.15) is 0 Å². The molecule has 0 heterocycles. The van der Waals surface area contributed by atoms with E-state index in [-0.39, 0.29) is 6.04 Å². The number of carbonyl (C=O) groups is 1. The van der Waals surface area contributed by atoms with Crippen LogP contribution in [0.15, 0.2) is 0 Å². The van der Waals surface area contributed by atoms with E-state index in [9.17, 15) is 4.79 Å². The Kier molecular flexibility index (Phi) is 1.24. The van der Waals surface area contributed by atoms with E-state index in [1.807, 2.05) is 0 Å². The third kappa shape index (κ3) is 0.812. The number of nitrogens with two attached hydrogens (primary N) is 1. The van der Waals surface area contributed by atoms with E-state index in [2.05, 4.69) is 0 Å². The van der Waals surface area contributed by atoms with E-state index in [0.717, 1.165) is 12.8 Å². The van der Waals surface area contributed by atoms with Crippen molar-refractivity contribution in [2.45, 2.75) is 25.8 Å². The Balaban J connectivity index is 2.63. The fourth-order valence-corrected chi connectivity index (χ4v) is 0.999. The van der Waals surface area contributed by atoms with Gasteiger partial charge in [-0.2, -0.15) is 0 Å². The lowest BCUT2D eigenvalue weighted by molar-refractivity contribution is -0.143. The number of hydrogen-bond donors (Lipinski definition) is 2. The highest BCUT2D eigenvalue weighted by atomic mass is 16.4. The third-order valence-electron chi connectivity index (χ3n) is 2.09.